The van der Waals surface area contributed by atoms with E-state index < -0.39 is 11.6 Å². The van der Waals surface area contributed by atoms with Crippen molar-refractivity contribution in [3.8, 4) is 0 Å². The van der Waals surface area contributed by atoms with Gasteiger partial charge in [0.15, 0.2) is 0 Å². The SMILES string of the molecule is CCNCc1oc2cc(F)cc(F)c2c1C1CC1. The van der Waals surface area contributed by atoms with Crippen molar-refractivity contribution in [2.45, 2.75) is 32.2 Å². The largest absolute Gasteiger partial charge is 0.459 e. The number of furan rings is 1. The van der Waals surface area contributed by atoms with Gasteiger partial charge in [-0.25, -0.2) is 8.78 Å². The van der Waals surface area contributed by atoms with E-state index in [-0.39, 0.29) is 0 Å². The molecular formula is C14H15F2NO. The molecule has 0 spiro atoms. The maximum Gasteiger partial charge on any atom is 0.140 e. The van der Waals surface area contributed by atoms with Crippen molar-refractivity contribution in [2.24, 2.45) is 0 Å². The molecule has 1 fully saturated rings. The fourth-order valence-electron chi connectivity index (χ4n) is 2.39. The van der Waals surface area contributed by atoms with Crippen LogP contribution in [0.25, 0.3) is 11.0 Å². The summed E-state index contributed by atoms with van der Waals surface area (Å²) in [6, 6.07) is 2.19. The molecule has 1 heterocycles. The standard InChI is InChI=1S/C14H15F2NO/c1-2-17-7-12-13(8-3-4-8)14-10(16)5-9(15)6-11(14)18-12/h5-6,8,17H,2-4,7H2,1H3. The van der Waals surface area contributed by atoms with Crippen LogP contribution in [-0.2, 0) is 6.54 Å². The second kappa shape index (κ2) is 4.35. The zero-order valence-corrected chi connectivity index (χ0v) is 10.2. The van der Waals surface area contributed by atoms with Crippen LogP contribution in [-0.4, -0.2) is 6.54 Å². The third-order valence-electron chi connectivity index (χ3n) is 3.34. The van der Waals surface area contributed by atoms with Crippen LogP contribution in [0.3, 0.4) is 0 Å². The van der Waals surface area contributed by atoms with Crippen LogP contribution in [0, 0.1) is 11.6 Å². The summed E-state index contributed by atoms with van der Waals surface area (Å²) in [6.45, 7) is 3.38. The van der Waals surface area contributed by atoms with Crippen LogP contribution in [0.15, 0.2) is 16.5 Å². The molecule has 1 aromatic carbocycles. The van der Waals surface area contributed by atoms with E-state index in [0.717, 1.165) is 36.8 Å². The van der Waals surface area contributed by atoms with Gasteiger partial charge >= 0.3 is 0 Å². The number of nitrogens with one attached hydrogen (secondary N) is 1. The molecule has 0 saturated heterocycles. The Kier molecular flexibility index (Phi) is 2.82. The van der Waals surface area contributed by atoms with E-state index >= 15 is 0 Å². The third kappa shape index (κ3) is 1.90. The maximum atomic E-state index is 13.9. The summed E-state index contributed by atoms with van der Waals surface area (Å²) in [5, 5.41) is 3.64. The predicted molar refractivity (Wildman–Crippen MR) is 65.5 cm³/mol. The summed E-state index contributed by atoms with van der Waals surface area (Å²) in [6.07, 6.45) is 2.12. The molecule has 1 aromatic heterocycles. The highest BCUT2D eigenvalue weighted by Crippen LogP contribution is 2.46. The number of halogens is 2. The highest BCUT2D eigenvalue weighted by Gasteiger charge is 2.32. The Bertz CT molecular complexity index is 587. The predicted octanol–water partition coefficient (Wildman–Crippen LogP) is 3.70. The van der Waals surface area contributed by atoms with Gasteiger partial charge in [-0.05, 0) is 25.3 Å². The highest BCUT2D eigenvalue weighted by atomic mass is 19.1. The summed E-state index contributed by atoms with van der Waals surface area (Å²) in [7, 11) is 0. The van der Waals surface area contributed by atoms with Gasteiger partial charge < -0.3 is 9.73 Å². The van der Waals surface area contributed by atoms with Gasteiger partial charge in [-0.1, -0.05) is 6.92 Å². The first-order valence-corrected chi connectivity index (χ1v) is 6.31. The van der Waals surface area contributed by atoms with Crippen LogP contribution in [0.2, 0.25) is 0 Å². The van der Waals surface area contributed by atoms with Crippen LogP contribution in [0.1, 0.15) is 37.0 Å². The summed E-state index contributed by atoms with van der Waals surface area (Å²) in [5.74, 6) is 0.0169. The highest BCUT2D eigenvalue weighted by molar-refractivity contribution is 5.84. The number of hydrogen-bond donors (Lipinski definition) is 1. The molecule has 1 aliphatic rings. The van der Waals surface area contributed by atoms with Crippen molar-refractivity contribution in [3.05, 3.63) is 35.1 Å². The number of rotatable bonds is 4. The summed E-state index contributed by atoms with van der Waals surface area (Å²) in [5.41, 5.74) is 1.26. The van der Waals surface area contributed by atoms with Crippen LogP contribution in [0.4, 0.5) is 8.78 Å². The van der Waals surface area contributed by atoms with Crippen LogP contribution < -0.4 is 5.32 Å². The van der Waals surface area contributed by atoms with E-state index in [4.69, 9.17) is 4.42 Å². The van der Waals surface area contributed by atoms with Gasteiger partial charge in [-0.15, -0.1) is 0 Å². The van der Waals surface area contributed by atoms with Gasteiger partial charge in [0.2, 0.25) is 0 Å². The normalized spacial score (nSPS) is 15.5. The van der Waals surface area contributed by atoms with Crippen molar-refractivity contribution >= 4 is 11.0 Å². The monoisotopic (exact) mass is 251 g/mol. The number of hydrogen-bond acceptors (Lipinski definition) is 2. The molecule has 2 nitrogen and oxygen atoms in total. The fraction of sp³-hybridized carbons (Fsp3) is 0.429. The van der Waals surface area contributed by atoms with E-state index in [2.05, 4.69) is 5.32 Å². The van der Waals surface area contributed by atoms with Crippen molar-refractivity contribution in [1.82, 2.24) is 5.32 Å². The summed E-state index contributed by atoms with van der Waals surface area (Å²) in [4.78, 5) is 0. The lowest BCUT2D eigenvalue weighted by molar-refractivity contribution is 0.510. The van der Waals surface area contributed by atoms with Gasteiger partial charge in [0, 0.05) is 17.7 Å². The molecule has 2 aromatic rings. The minimum atomic E-state index is -0.592. The Morgan fingerprint density at radius 2 is 2.11 bits per heavy atom. The van der Waals surface area contributed by atoms with Crippen LogP contribution in [0.5, 0.6) is 0 Å². The first-order valence-electron chi connectivity index (χ1n) is 6.31. The van der Waals surface area contributed by atoms with Gasteiger partial charge in [-0.2, -0.15) is 0 Å². The third-order valence-corrected chi connectivity index (χ3v) is 3.34. The first kappa shape index (κ1) is 11.7. The quantitative estimate of drug-likeness (QED) is 0.896. The Balaban J connectivity index is 2.16. The second-order valence-electron chi connectivity index (χ2n) is 4.75. The number of fused-ring (bicyclic) bond motifs is 1. The molecule has 0 atom stereocenters. The van der Waals surface area contributed by atoms with Crippen molar-refractivity contribution in [3.63, 3.8) is 0 Å². The Labute approximate surface area is 104 Å². The molecule has 0 aliphatic heterocycles. The molecule has 96 valence electrons. The van der Waals surface area contributed by atoms with Crippen molar-refractivity contribution in [2.75, 3.05) is 6.54 Å². The fourth-order valence-corrected chi connectivity index (χ4v) is 2.39. The lowest BCUT2D eigenvalue weighted by Crippen LogP contribution is -2.12. The molecule has 1 saturated carbocycles. The Hall–Kier alpha value is -1.42. The van der Waals surface area contributed by atoms with Gasteiger partial charge in [0.1, 0.15) is 23.0 Å². The topological polar surface area (TPSA) is 25.2 Å². The van der Waals surface area contributed by atoms with E-state index in [9.17, 15) is 8.78 Å². The Morgan fingerprint density at radius 1 is 1.33 bits per heavy atom. The zero-order chi connectivity index (χ0) is 12.7. The van der Waals surface area contributed by atoms with Crippen LogP contribution >= 0.6 is 0 Å². The van der Waals surface area contributed by atoms with Gasteiger partial charge in [0.25, 0.3) is 0 Å². The van der Waals surface area contributed by atoms with Crippen molar-refractivity contribution in [1.29, 1.82) is 0 Å². The Morgan fingerprint density at radius 3 is 2.78 bits per heavy atom. The molecule has 1 N–H and O–H groups in total. The summed E-state index contributed by atoms with van der Waals surface area (Å²) >= 11 is 0. The molecule has 4 heteroatoms. The van der Waals surface area contributed by atoms with E-state index in [1.54, 1.807) is 0 Å². The smallest absolute Gasteiger partial charge is 0.140 e. The molecule has 0 radical (unpaired) electrons. The summed E-state index contributed by atoms with van der Waals surface area (Å²) < 4.78 is 32.7. The molecular weight excluding hydrogens is 236 g/mol. The minimum absolute atomic E-state index is 0.322. The molecule has 0 unspecified atom stereocenters. The molecule has 1 aliphatic carbocycles. The molecule has 0 amide bonds. The van der Waals surface area contributed by atoms with Gasteiger partial charge in [0.05, 0.1) is 11.9 Å². The van der Waals surface area contributed by atoms with E-state index in [0.29, 0.717) is 23.4 Å². The second-order valence-corrected chi connectivity index (χ2v) is 4.75. The van der Waals surface area contributed by atoms with E-state index in [1.807, 2.05) is 6.92 Å². The lowest BCUT2D eigenvalue weighted by Gasteiger charge is -2.02. The first-order chi connectivity index (χ1) is 8.70. The number of benzene rings is 1. The minimum Gasteiger partial charge on any atom is -0.459 e. The maximum absolute atomic E-state index is 13.9. The van der Waals surface area contributed by atoms with Gasteiger partial charge in [-0.3, -0.25) is 0 Å². The molecule has 0 bridgehead atoms. The molecule has 18 heavy (non-hydrogen) atoms. The molecule has 3 rings (SSSR count). The van der Waals surface area contributed by atoms with E-state index in [1.165, 1.54) is 6.07 Å². The average molecular weight is 251 g/mol. The lowest BCUT2D eigenvalue weighted by atomic mass is 10.1. The van der Waals surface area contributed by atoms with Crippen molar-refractivity contribution < 1.29 is 13.2 Å². The average Bonchev–Trinajstić information content (AvgIpc) is 3.08. The zero-order valence-electron chi connectivity index (χ0n) is 10.2.